The van der Waals surface area contributed by atoms with E-state index in [2.05, 4.69) is 10.2 Å². The maximum absolute atomic E-state index is 11.8. The molecule has 1 aromatic heterocycles. The molecular formula is C14H21N3O2. The monoisotopic (exact) mass is 263 g/mol. The first-order valence-corrected chi connectivity index (χ1v) is 6.94. The average molecular weight is 263 g/mol. The van der Waals surface area contributed by atoms with Gasteiger partial charge in [-0.15, -0.1) is 5.10 Å². The van der Waals surface area contributed by atoms with Crippen molar-refractivity contribution in [2.45, 2.75) is 45.6 Å². The third-order valence-electron chi connectivity index (χ3n) is 3.32. The van der Waals surface area contributed by atoms with Crippen molar-refractivity contribution in [1.82, 2.24) is 15.1 Å². The number of amides is 1. The maximum Gasteiger partial charge on any atom is 0.233 e. The number of aromatic nitrogens is 2. The van der Waals surface area contributed by atoms with Crippen molar-refractivity contribution < 1.29 is 9.53 Å². The lowest BCUT2D eigenvalue weighted by Gasteiger charge is -2.31. The largest absolute Gasteiger partial charge is 0.473 e. The summed E-state index contributed by atoms with van der Waals surface area (Å²) in [7, 11) is 0. The van der Waals surface area contributed by atoms with Crippen LogP contribution in [0.25, 0.3) is 0 Å². The van der Waals surface area contributed by atoms with Crippen molar-refractivity contribution in [1.29, 1.82) is 0 Å². The highest BCUT2D eigenvalue weighted by molar-refractivity contribution is 5.76. The van der Waals surface area contributed by atoms with Crippen molar-refractivity contribution in [3.8, 4) is 5.88 Å². The number of carbonyl (C=O) groups excluding carboxylic acids is 1. The van der Waals surface area contributed by atoms with Gasteiger partial charge in [-0.2, -0.15) is 5.10 Å². The molecule has 0 N–H and O–H groups in total. The van der Waals surface area contributed by atoms with Crippen molar-refractivity contribution in [2.24, 2.45) is 0 Å². The van der Waals surface area contributed by atoms with Gasteiger partial charge in [0.05, 0.1) is 5.69 Å². The molecule has 5 nitrogen and oxygen atoms in total. The number of hydrogen-bond donors (Lipinski definition) is 0. The summed E-state index contributed by atoms with van der Waals surface area (Å²) < 4.78 is 5.79. The lowest BCUT2D eigenvalue weighted by molar-refractivity contribution is -0.133. The molecule has 0 spiro atoms. The molecule has 1 aliphatic heterocycles. The average Bonchev–Trinajstić information content (AvgIpc) is 2.42. The Morgan fingerprint density at radius 2 is 2.11 bits per heavy atom. The Morgan fingerprint density at radius 1 is 1.37 bits per heavy atom. The molecule has 2 rings (SSSR count). The second-order valence-electron chi connectivity index (χ2n) is 4.96. The first-order chi connectivity index (χ1) is 9.19. The van der Waals surface area contributed by atoms with E-state index in [1.807, 2.05) is 30.9 Å². The Labute approximate surface area is 114 Å². The van der Waals surface area contributed by atoms with Crippen LogP contribution in [0, 0.1) is 6.92 Å². The van der Waals surface area contributed by atoms with E-state index in [9.17, 15) is 4.79 Å². The summed E-state index contributed by atoms with van der Waals surface area (Å²) in [5, 5.41) is 7.98. The van der Waals surface area contributed by atoms with Crippen LogP contribution in [0.3, 0.4) is 0 Å². The minimum absolute atomic E-state index is 0.141. The third-order valence-corrected chi connectivity index (χ3v) is 3.32. The standard InChI is InChI=1S/C14H21N3O2/c1-3-4-14(18)17-9-7-12(8-10-17)19-13-6-5-11(2)15-16-13/h5-6,12H,3-4,7-10H2,1-2H3. The lowest BCUT2D eigenvalue weighted by atomic mass is 10.1. The van der Waals surface area contributed by atoms with Crippen LogP contribution in [-0.2, 0) is 4.79 Å². The van der Waals surface area contributed by atoms with Gasteiger partial charge in [-0.05, 0) is 19.4 Å². The fourth-order valence-electron chi connectivity index (χ4n) is 2.22. The van der Waals surface area contributed by atoms with E-state index in [4.69, 9.17) is 4.74 Å². The molecule has 0 unspecified atom stereocenters. The van der Waals surface area contributed by atoms with Gasteiger partial charge in [0.1, 0.15) is 6.10 Å². The molecule has 19 heavy (non-hydrogen) atoms. The van der Waals surface area contributed by atoms with Crippen LogP contribution in [0.4, 0.5) is 0 Å². The highest BCUT2D eigenvalue weighted by atomic mass is 16.5. The Kier molecular flexibility index (Phi) is 4.71. The minimum atomic E-state index is 0.141. The first-order valence-electron chi connectivity index (χ1n) is 6.94. The molecule has 0 aliphatic carbocycles. The zero-order chi connectivity index (χ0) is 13.7. The van der Waals surface area contributed by atoms with E-state index in [-0.39, 0.29) is 12.0 Å². The van der Waals surface area contributed by atoms with E-state index in [1.165, 1.54) is 0 Å². The van der Waals surface area contributed by atoms with Gasteiger partial charge in [0.2, 0.25) is 11.8 Å². The molecule has 1 saturated heterocycles. The zero-order valence-corrected chi connectivity index (χ0v) is 11.6. The fraction of sp³-hybridized carbons (Fsp3) is 0.643. The quantitative estimate of drug-likeness (QED) is 0.833. The van der Waals surface area contributed by atoms with Gasteiger partial charge in [0.25, 0.3) is 0 Å². The molecular weight excluding hydrogens is 242 g/mol. The van der Waals surface area contributed by atoms with E-state index in [0.29, 0.717) is 12.3 Å². The maximum atomic E-state index is 11.8. The molecule has 104 valence electrons. The van der Waals surface area contributed by atoms with Crippen molar-refractivity contribution in [3.05, 3.63) is 17.8 Å². The van der Waals surface area contributed by atoms with Crippen LogP contribution in [0.5, 0.6) is 5.88 Å². The number of likely N-dealkylation sites (tertiary alicyclic amines) is 1. The van der Waals surface area contributed by atoms with Crippen molar-refractivity contribution >= 4 is 5.91 Å². The Morgan fingerprint density at radius 3 is 2.68 bits per heavy atom. The van der Waals surface area contributed by atoms with Crippen LogP contribution in [0.15, 0.2) is 12.1 Å². The highest BCUT2D eigenvalue weighted by Crippen LogP contribution is 2.17. The molecule has 1 fully saturated rings. The Balaban J connectivity index is 1.80. The van der Waals surface area contributed by atoms with Gasteiger partial charge in [-0.1, -0.05) is 6.92 Å². The first kappa shape index (κ1) is 13.8. The molecule has 1 amide bonds. The smallest absolute Gasteiger partial charge is 0.233 e. The number of aryl methyl sites for hydroxylation is 1. The topological polar surface area (TPSA) is 55.3 Å². The zero-order valence-electron chi connectivity index (χ0n) is 11.6. The molecule has 0 bridgehead atoms. The molecule has 1 aliphatic rings. The lowest BCUT2D eigenvalue weighted by Crippen LogP contribution is -2.41. The number of hydrogen-bond acceptors (Lipinski definition) is 4. The Bertz CT molecular complexity index is 411. The number of piperidine rings is 1. The van der Waals surface area contributed by atoms with E-state index < -0.39 is 0 Å². The molecule has 2 heterocycles. The number of nitrogens with zero attached hydrogens (tertiary/aromatic N) is 3. The molecule has 0 radical (unpaired) electrons. The summed E-state index contributed by atoms with van der Waals surface area (Å²) in [6, 6.07) is 3.74. The van der Waals surface area contributed by atoms with Crippen molar-refractivity contribution in [3.63, 3.8) is 0 Å². The fourth-order valence-corrected chi connectivity index (χ4v) is 2.22. The summed E-state index contributed by atoms with van der Waals surface area (Å²) in [6.07, 6.45) is 3.43. The second-order valence-corrected chi connectivity index (χ2v) is 4.96. The normalized spacial score (nSPS) is 16.4. The van der Waals surface area contributed by atoms with Gasteiger partial charge < -0.3 is 9.64 Å². The second kappa shape index (κ2) is 6.50. The van der Waals surface area contributed by atoms with E-state index in [1.54, 1.807) is 0 Å². The Hall–Kier alpha value is -1.65. The van der Waals surface area contributed by atoms with E-state index in [0.717, 1.165) is 38.0 Å². The van der Waals surface area contributed by atoms with Gasteiger partial charge >= 0.3 is 0 Å². The summed E-state index contributed by atoms with van der Waals surface area (Å²) >= 11 is 0. The van der Waals surface area contributed by atoms with Crippen LogP contribution in [0.1, 0.15) is 38.3 Å². The highest BCUT2D eigenvalue weighted by Gasteiger charge is 2.23. The predicted molar refractivity (Wildman–Crippen MR) is 71.9 cm³/mol. The molecule has 0 aromatic carbocycles. The van der Waals surface area contributed by atoms with Crippen LogP contribution >= 0.6 is 0 Å². The van der Waals surface area contributed by atoms with Gasteiger partial charge in [0.15, 0.2) is 0 Å². The molecule has 5 heteroatoms. The summed E-state index contributed by atoms with van der Waals surface area (Å²) in [5.41, 5.74) is 0.882. The molecule has 0 atom stereocenters. The van der Waals surface area contributed by atoms with Gasteiger partial charge in [0, 0.05) is 38.4 Å². The summed E-state index contributed by atoms with van der Waals surface area (Å²) in [4.78, 5) is 13.7. The van der Waals surface area contributed by atoms with Crippen LogP contribution in [-0.4, -0.2) is 40.2 Å². The summed E-state index contributed by atoms with van der Waals surface area (Å²) in [5.74, 6) is 0.833. The molecule has 1 aromatic rings. The predicted octanol–water partition coefficient (Wildman–Crippen LogP) is 1.95. The van der Waals surface area contributed by atoms with Gasteiger partial charge in [-0.3, -0.25) is 4.79 Å². The number of rotatable bonds is 4. The summed E-state index contributed by atoms with van der Waals surface area (Å²) in [6.45, 7) is 5.49. The van der Waals surface area contributed by atoms with Crippen LogP contribution in [0.2, 0.25) is 0 Å². The molecule has 0 saturated carbocycles. The number of ether oxygens (including phenoxy) is 1. The van der Waals surface area contributed by atoms with Crippen LogP contribution < -0.4 is 4.74 Å². The SMILES string of the molecule is CCCC(=O)N1CCC(Oc2ccc(C)nn2)CC1. The van der Waals surface area contributed by atoms with E-state index >= 15 is 0 Å². The van der Waals surface area contributed by atoms with Gasteiger partial charge in [-0.25, -0.2) is 0 Å². The minimum Gasteiger partial charge on any atom is -0.473 e. The number of carbonyl (C=O) groups is 1. The third kappa shape index (κ3) is 3.91. The van der Waals surface area contributed by atoms with Crippen molar-refractivity contribution in [2.75, 3.05) is 13.1 Å².